The Morgan fingerprint density at radius 1 is 1.13 bits per heavy atom. The molecule has 9 heteroatoms. The number of ether oxygens (including phenoxy) is 2. The van der Waals surface area contributed by atoms with E-state index in [1.165, 1.54) is 14.1 Å². The van der Waals surface area contributed by atoms with Crippen LogP contribution in [0.5, 0.6) is 5.75 Å². The predicted octanol–water partition coefficient (Wildman–Crippen LogP) is 2.60. The van der Waals surface area contributed by atoms with Crippen LogP contribution >= 0.6 is 0 Å². The smallest absolute Gasteiger partial charge is 0.310 e. The van der Waals surface area contributed by atoms with Gasteiger partial charge in [0, 0.05) is 20.6 Å². The molecule has 3 rings (SSSR count). The van der Waals surface area contributed by atoms with E-state index in [9.17, 15) is 13.2 Å². The van der Waals surface area contributed by atoms with E-state index in [1.54, 1.807) is 37.4 Å². The van der Waals surface area contributed by atoms with Crippen molar-refractivity contribution in [2.45, 2.75) is 31.4 Å². The van der Waals surface area contributed by atoms with Crippen molar-refractivity contribution in [3.63, 3.8) is 0 Å². The number of fused-ring (bicyclic) bond motifs is 1. The molecule has 0 atom stereocenters. The topological polar surface area (TPSA) is 90.7 Å². The summed E-state index contributed by atoms with van der Waals surface area (Å²) in [6.45, 7) is 2.57. The van der Waals surface area contributed by atoms with Crippen LogP contribution in [0.2, 0.25) is 0 Å². The first-order valence-corrected chi connectivity index (χ1v) is 10.9. The predicted molar refractivity (Wildman–Crippen MR) is 113 cm³/mol. The molecule has 160 valence electrons. The van der Waals surface area contributed by atoms with E-state index in [0.717, 1.165) is 21.1 Å². The Bertz CT molecular complexity index is 1150. The van der Waals surface area contributed by atoms with Crippen LogP contribution in [-0.4, -0.2) is 49.4 Å². The Morgan fingerprint density at radius 2 is 1.83 bits per heavy atom. The number of benzene rings is 2. The van der Waals surface area contributed by atoms with E-state index in [4.69, 9.17) is 9.47 Å². The maximum absolute atomic E-state index is 12.4. The van der Waals surface area contributed by atoms with Crippen LogP contribution in [0, 0.1) is 0 Å². The zero-order chi connectivity index (χ0) is 21.9. The van der Waals surface area contributed by atoms with Crippen molar-refractivity contribution in [3.05, 3.63) is 53.9 Å². The van der Waals surface area contributed by atoms with Crippen LogP contribution < -0.4 is 4.74 Å². The third-order valence-electron chi connectivity index (χ3n) is 4.76. The fourth-order valence-corrected chi connectivity index (χ4v) is 4.02. The van der Waals surface area contributed by atoms with E-state index in [-0.39, 0.29) is 23.9 Å². The Labute approximate surface area is 176 Å². The van der Waals surface area contributed by atoms with E-state index < -0.39 is 10.0 Å². The molecular weight excluding hydrogens is 406 g/mol. The summed E-state index contributed by atoms with van der Waals surface area (Å²) in [6.07, 6.45) is 0.140. The van der Waals surface area contributed by atoms with Crippen molar-refractivity contribution in [3.8, 4) is 5.75 Å². The number of carbonyl (C=O) groups is 1. The van der Waals surface area contributed by atoms with Gasteiger partial charge in [0.1, 0.15) is 18.2 Å². The number of rotatable bonds is 8. The van der Waals surface area contributed by atoms with Gasteiger partial charge in [0.05, 0.1) is 29.5 Å². The molecule has 0 aliphatic carbocycles. The fraction of sp³-hybridized carbons (Fsp3) is 0.333. The van der Waals surface area contributed by atoms with Gasteiger partial charge in [-0.3, -0.25) is 4.79 Å². The Balaban J connectivity index is 1.77. The monoisotopic (exact) mass is 431 g/mol. The zero-order valence-electron chi connectivity index (χ0n) is 17.5. The number of imidazole rings is 1. The minimum absolute atomic E-state index is 0.00721. The largest absolute Gasteiger partial charge is 0.497 e. The van der Waals surface area contributed by atoms with E-state index in [1.807, 2.05) is 23.6 Å². The number of methoxy groups -OCH3 is 1. The molecule has 2 aromatic carbocycles. The summed E-state index contributed by atoms with van der Waals surface area (Å²) in [6, 6.07) is 12.0. The quantitative estimate of drug-likeness (QED) is 0.509. The highest BCUT2D eigenvalue weighted by Gasteiger charge is 2.20. The molecule has 0 saturated heterocycles. The first-order chi connectivity index (χ1) is 14.3. The Hall–Kier alpha value is -2.91. The zero-order valence-corrected chi connectivity index (χ0v) is 18.3. The lowest BCUT2D eigenvalue weighted by atomic mass is 10.1. The molecule has 0 radical (unpaired) electrons. The number of nitrogens with zero attached hydrogens (tertiary/aromatic N) is 3. The molecule has 0 aliphatic rings. The van der Waals surface area contributed by atoms with Crippen LogP contribution in [0.1, 0.15) is 18.3 Å². The molecular formula is C21H25N3O5S. The van der Waals surface area contributed by atoms with E-state index in [2.05, 4.69) is 4.98 Å². The number of carbonyl (C=O) groups excluding carboxylic acids is 1. The second kappa shape index (κ2) is 8.85. The second-order valence-corrected chi connectivity index (χ2v) is 9.05. The molecule has 1 heterocycles. The standard InChI is InChI=1S/C21H25N3O5S/c1-5-24-19-11-10-17(30(26,27)23(2)3)13-18(19)22-20(24)14-29-21(25)12-15-6-8-16(28-4)9-7-15/h6-11,13H,5,12,14H2,1-4H3. The van der Waals surface area contributed by atoms with Gasteiger partial charge in [-0.2, -0.15) is 0 Å². The summed E-state index contributed by atoms with van der Waals surface area (Å²) in [5, 5.41) is 0. The number of sulfonamides is 1. The molecule has 0 bridgehead atoms. The molecule has 0 fully saturated rings. The number of esters is 1. The fourth-order valence-electron chi connectivity index (χ4n) is 3.10. The van der Waals surface area contributed by atoms with Gasteiger partial charge in [-0.25, -0.2) is 17.7 Å². The van der Waals surface area contributed by atoms with Crippen LogP contribution in [0.3, 0.4) is 0 Å². The van der Waals surface area contributed by atoms with Crippen molar-refractivity contribution in [2.75, 3.05) is 21.2 Å². The molecule has 0 aliphatic heterocycles. The van der Waals surface area contributed by atoms with Crippen LogP contribution in [0.15, 0.2) is 47.4 Å². The molecule has 0 spiro atoms. The summed E-state index contributed by atoms with van der Waals surface area (Å²) in [7, 11) is 0.999. The lowest BCUT2D eigenvalue weighted by Crippen LogP contribution is -2.22. The Kier molecular flexibility index (Phi) is 6.42. The van der Waals surface area contributed by atoms with Gasteiger partial charge in [-0.15, -0.1) is 0 Å². The first-order valence-electron chi connectivity index (χ1n) is 9.46. The summed E-state index contributed by atoms with van der Waals surface area (Å²) < 4.78 is 38.3. The molecule has 0 unspecified atom stereocenters. The average Bonchev–Trinajstić information content (AvgIpc) is 3.09. The highest BCUT2D eigenvalue weighted by molar-refractivity contribution is 7.89. The van der Waals surface area contributed by atoms with Crippen molar-refractivity contribution >= 4 is 27.0 Å². The highest BCUT2D eigenvalue weighted by atomic mass is 32.2. The maximum atomic E-state index is 12.4. The van der Waals surface area contributed by atoms with Crippen molar-refractivity contribution in [1.29, 1.82) is 0 Å². The van der Waals surface area contributed by atoms with Gasteiger partial charge in [-0.05, 0) is 42.8 Å². The number of aromatic nitrogens is 2. The van der Waals surface area contributed by atoms with Crippen molar-refractivity contribution < 1.29 is 22.7 Å². The third kappa shape index (κ3) is 4.47. The van der Waals surface area contributed by atoms with Crippen LogP contribution in [-0.2, 0) is 39.1 Å². The lowest BCUT2D eigenvalue weighted by molar-refractivity contribution is -0.144. The second-order valence-electron chi connectivity index (χ2n) is 6.90. The summed E-state index contributed by atoms with van der Waals surface area (Å²) >= 11 is 0. The van der Waals surface area contributed by atoms with Gasteiger partial charge in [-0.1, -0.05) is 12.1 Å². The van der Waals surface area contributed by atoms with Gasteiger partial charge >= 0.3 is 5.97 Å². The minimum Gasteiger partial charge on any atom is -0.497 e. The number of aryl methyl sites for hydroxylation is 1. The SMILES string of the molecule is CCn1c(COC(=O)Cc2ccc(OC)cc2)nc2cc(S(=O)(=O)N(C)C)ccc21. The van der Waals surface area contributed by atoms with E-state index >= 15 is 0 Å². The number of hydrogen-bond acceptors (Lipinski definition) is 6. The van der Waals surface area contributed by atoms with E-state index in [0.29, 0.717) is 17.9 Å². The van der Waals surface area contributed by atoms with Crippen LogP contribution in [0.25, 0.3) is 11.0 Å². The first kappa shape index (κ1) is 21.8. The summed E-state index contributed by atoms with van der Waals surface area (Å²) in [5.74, 6) is 0.917. The minimum atomic E-state index is -3.55. The number of hydrogen-bond donors (Lipinski definition) is 0. The molecule has 0 N–H and O–H groups in total. The van der Waals surface area contributed by atoms with Crippen molar-refractivity contribution in [1.82, 2.24) is 13.9 Å². The van der Waals surface area contributed by atoms with Gasteiger partial charge in [0.25, 0.3) is 0 Å². The van der Waals surface area contributed by atoms with Crippen molar-refractivity contribution in [2.24, 2.45) is 0 Å². The van der Waals surface area contributed by atoms with Gasteiger partial charge in [0.2, 0.25) is 10.0 Å². The molecule has 3 aromatic rings. The summed E-state index contributed by atoms with van der Waals surface area (Å²) in [5.41, 5.74) is 2.15. The molecule has 30 heavy (non-hydrogen) atoms. The molecule has 0 saturated carbocycles. The third-order valence-corrected chi connectivity index (χ3v) is 6.57. The maximum Gasteiger partial charge on any atom is 0.310 e. The van der Waals surface area contributed by atoms with Gasteiger partial charge < -0.3 is 14.0 Å². The summed E-state index contributed by atoms with van der Waals surface area (Å²) in [4.78, 5) is 16.9. The average molecular weight is 432 g/mol. The normalized spacial score (nSPS) is 11.8. The molecule has 0 amide bonds. The molecule has 8 nitrogen and oxygen atoms in total. The van der Waals surface area contributed by atoms with Gasteiger partial charge in [0.15, 0.2) is 0 Å². The molecule has 1 aromatic heterocycles. The highest BCUT2D eigenvalue weighted by Crippen LogP contribution is 2.22. The Morgan fingerprint density at radius 3 is 2.43 bits per heavy atom. The van der Waals surface area contributed by atoms with Crippen LogP contribution in [0.4, 0.5) is 0 Å². The lowest BCUT2D eigenvalue weighted by Gasteiger charge is -2.11.